The van der Waals surface area contributed by atoms with E-state index in [0.717, 1.165) is 5.56 Å². The predicted octanol–water partition coefficient (Wildman–Crippen LogP) is 2.08. The molecule has 0 saturated heterocycles. The van der Waals surface area contributed by atoms with Crippen molar-refractivity contribution in [2.75, 3.05) is 20.8 Å². The van der Waals surface area contributed by atoms with Crippen molar-refractivity contribution in [2.24, 2.45) is 18.7 Å². The average molecular weight is 405 g/mol. The molecular formula is C17H26Cl2N4O3. The third-order valence-corrected chi connectivity index (χ3v) is 3.91. The van der Waals surface area contributed by atoms with Gasteiger partial charge < -0.3 is 25.1 Å². The highest BCUT2D eigenvalue weighted by atomic mass is 35.5. The van der Waals surface area contributed by atoms with Gasteiger partial charge in [-0.1, -0.05) is 6.92 Å². The number of methoxy groups -OCH3 is 2. The monoisotopic (exact) mass is 404 g/mol. The van der Waals surface area contributed by atoms with Crippen molar-refractivity contribution in [3.63, 3.8) is 0 Å². The molecule has 0 aliphatic carbocycles. The van der Waals surface area contributed by atoms with E-state index in [9.17, 15) is 4.79 Å². The Kier molecular flexibility index (Phi) is 10.1. The highest BCUT2D eigenvalue weighted by Crippen LogP contribution is 2.29. The minimum Gasteiger partial charge on any atom is -0.497 e. The highest BCUT2D eigenvalue weighted by molar-refractivity contribution is 5.85. The van der Waals surface area contributed by atoms with Crippen LogP contribution in [0, 0.1) is 5.92 Å². The van der Waals surface area contributed by atoms with Crippen LogP contribution in [0.25, 0.3) is 0 Å². The minimum atomic E-state index is -0.435. The molecule has 2 rings (SSSR count). The van der Waals surface area contributed by atoms with Crippen molar-refractivity contribution in [3.8, 4) is 11.5 Å². The first-order valence-electron chi connectivity index (χ1n) is 7.70. The Morgan fingerprint density at radius 1 is 1.23 bits per heavy atom. The quantitative estimate of drug-likeness (QED) is 0.736. The third kappa shape index (κ3) is 5.52. The number of benzene rings is 1. The second-order valence-electron chi connectivity index (χ2n) is 5.62. The lowest BCUT2D eigenvalue weighted by atomic mass is 10.0. The molecule has 0 radical (unpaired) electrons. The SMILES string of the molecule is COc1cc(OC)cc(C(NC(=O)C(C)CN)c2nccn2C)c1.Cl.Cl. The number of aryl methyl sites for hydroxylation is 1. The Labute approximate surface area is 166 Å². The van der Waals surface area contributed by atoms with E-state index < -0.39 is 6.04 Å². The number of hydrogen-bond acceptors (Lipinski definition) is 5. The molecule has 2 atom stereocenters. The fourth-order valence-corrected chi connectivity index (χ4v) is 2.34. The van der Waals surface area contributed by atoms with Crippen LogP contribution in [-0.4, -0.2) is 36.2 Å². The van der Waals surface area contributed by atoms with Crippen LogP contribution >= 0.6 is 24.8 Å². The van der Waals surface area contributed by atoms with E-state index in [0.29, 0.717) is 17.3 Å². The lowest BCUT2D eigenvalue weighted by Gasteiger charge is -2.22. The molecular weight excluding hydrogens is 379 g/mol. The van der Waals surface area contributed by atoms with Crippen LogP contribution in [0.3, 0.4) is 0 Å². The van der Waals surface area contributed by atoms with Gasteiger partial charge in [-0.25, -0.2) is 4.98 Å². The molecule has 3 N–H and O–H groups in total. The van der Waals surface area contributed by atoms with Crippen molar-refractivity contribution in [2.45, 2.75) is 13.0 Å². The van der Waals surface area contributed by atoms with Gasteiger partial charge in [0.1, 0.15) is 23.4 Å². The van der Waals surface area contributed by atoms with Crippen LogP contribution < -0.4 is 20.5 Å². The van der Waals surface area contributed by atoms with Gasteiger partial charge in [0.15, 0.2) is 0 Å². The fourth-order valence-electron chi connectivity index (χ4n) is 2.34. The molecule has 1 amide bonds. The maximum absolute atomic E-state index is 12.4. The second-order valence-corrected chi connectivity index (χ2v) is 5.62. The van der Waals surface area contributed by atoms with Gasteiger partial charge in [0, 0.05) is 38.0 Å². The van der Waals surface area contributed by atoms with E-state index in [1.165, 1.54) is 0 Å². The van der Waals surface area contributed by atoms with E-state index in [4.69, 9.17) is 15.2 Å². The fraction of sp³-hybridized carbons (Fsp3) is 0.412. The van der Waals surface area contributed by atoms with Crippen molar-refractivity contribution >= 4 is 30.7 Å². The summed E-state index contributed by atoms with van der Waals surface area (Å²) in [5.41, 5.74) is 6.42. The van der Waals surface area contributed by atoms with Gasteiger partial charge in [0.05, 0.1) is 14.2 Å². The van der Waals surface area contributed by atoms with Crippen LogP contribution in [0.4, 0.5) is 0 Å². The summed E-state index contributed by atoms with van der Waals surface area (Å²) in [6.07, 6.45) is 3.52. The summed E-state index contributed by atoms with van der Waals surface area (Å²) in [6, 6.07) is 5.06. The number of imidazole rings is 1. The molecule has 146 valence electrons. The Hall–Kier alpha value is -1.96. The number of aromatic nitrogens is 2. The van der Waals surface area contributed by atoms with Crippen LogP contribution in [0.2, 0.25) is 0 Å². The summed E-state index contributed by atoms with van der Waals surface area (Å²) in [4.78, 5) is 16.8. The zero-order valence-corrected chi connectivity index (χ0v) is 16.9. The van der Waals surface area contributed by atoms with Gasteiger partial charge in [-0.3, -0.25) is 4.79 Å². The molecule has 0 saturated carbocycles. The standard InChI is InChI=1S/C17H24N4O3.2ClH/c1-11(10-18)17(22)20-15(16-19-5-6-21(16)2)12-7-13(23-3)9-14(8-12)24-4;;/h5-9,11,15H,10,18H2,1-4H3,(H,20,22);2*1H. The van der Waals surface area contributed by atoms with Gasteiger partial charge >= 0.3 is 0 Å². The molecule has 0 aliphatic rings. The zero-order chi connectivity index (χ0) is 17.7. The number of nitrogens with zero attached hydrogens (tertiary/aromatic N) is 2. The Bertz CT molecular complexity index is 687. The van der Waals surface area contributed by atoms with Crippen LogP contribution in [0.1, 0.15) is 24.4 Å². The van der Waals surface area contributed by atoms with Gasteiger partial charge in [-0.15, -0.1) is 24.8 Å². The van der Waals surface area contributed by atoms with Crippen molar-refractivity contribution in [1.82, 2.24) is 14.9 Å². The molecule has 2 aromatic rings. The maximum atomic E-state index is 12.4. The molecule has 0 bridgehead atoms. The summed E-state index contributed by atoms with van der Waals surface area (Å²) in [6.45, 7) is 2.07. The van der Waals surface area contributed by atoms with Gasteiger partial charge in [-0.05, 0) is 17.7 Å². The average Bonchev–Trinajstić information content (AvgIpc) is 3.03. The Morgan fingerprint density at radius 2 is 1.81 bits per heavy atom. The van der Waals surface area contributed by atoms with Gasteiger partial charge in [0.25, 0.3) is 0 Å². The largest absolute Gasteiger partial charge is 0.497 e. The molecule has 9 heteroatoms. The Morgan fingerprint density at radius 3 is 2.23 bits per heavy atom. The topological polar surface area (TPSA) is 91.4 Å². The minimum absolute atomic E-state index is 0. The third-order valence-electron chi connectivity index (χ3n) is 3.91. The molecule has 1 aromatic heterocycles. The Balaban J connectivity index is 0.00000312. The van der Waals surface area contributed by atoms with E-state index in [2.05, 4.69) is 10.3 Å². The summed E-state index contributed by atoms with van der Waals surface area (Å²) in [5.74, 6) is 1.57. The highest BCUT2D eigenvalue weighted by Gasteiger charge is 2.24. The number of nitrogens with one attached hydrogen (secondary N) is 1. The lowest BCUT2D eigenvalue weighted by Crippen LogP contribution is -2.37. The molecule has 7 nitrogen and oxygen atoms in total. The first kappa shape index (κ1) is 24.0. The number of hydrogen-bond donors (Lipinski definition) is 2. The lowest BCUT2D eigenvalue weighted by molar-refractivity contribution is -0.124. The van der Waals surface area contributed by atoms with E-state index in [-0.39, 0.29) is 43.2 Å². The summed E-state index contributed by atoms with van der Waals surface area (Å²) in [7, 11) is 5.05. The second kappa shape index (κ2) is 10.9. The van der Waals surface area contributed by atoms with Gasteiger partial charge in [-0.2, -0.15) is 0 Å². The molecule has 1 aromatic carbocycles. The molecule has 2 unspecified atom stereocenters. The number of nitrogens with two attached hydrogens (primary N) is 1. The number of carbonyl (C=O) groups is 1. The van der Waals surface area contributed by atoms with E-state index in [1.54, 1.807) is 33.4 Å². The number of carbonyl (C=O) groups excluding carboxylic acids is 1. The summed E-state index contributed by atoms with van der Waals surface area (Å²) in [5, 5.41) is 3.02. The molecule has 1 heterocycles. The van der Waals surface area contributed by atoms with Crippen molar-refractivity contribution in [3.05, 3.63) is 42.0 Å². The van der Waals surface area contributed by atoms with Crippen LogP contribution in [-0.2, 0) is 11.8 Å². The van der Waals surface area contributed by atoms with E-state index >= 15 is 0 Å². The van der Waals surface area contributed by atoms with E-state index in [1.807, 2.05) is 29.9 Å². The first-order chi connectivity index (χ1) is 11.5. The smallest absolute Gasteiger partial charge is 0.224 e. The maximum Gasteiger partial charge on any atom is 0.224 e. The number of rotatable bonds is 7. The first-order valence-corrected chi connectivity index (χ1v) is 7.70. The summed E-state index contributed by atoms with van der Waals surface area (Å²) >= 11 is 0. The number of halogens is 2. The molecule has 0 aliphatic heterocycles. The predicted molar refractivity (Wildman–Crippen MR) is 105 cm³/mol. The van der Waals surface area contributed by atoms with Crippen molar-refractivity contribution in [1.29, 1.82) is 0 Å². The number of amides is 1. The molecule has 0 fully saturated rings. The van der Waals surface area contributed by atoms with Crippen molar-refractivity contribution < 1.29 is 14.3 Å². The molecule has 26 heavy (non-hydrogen) atoms. The summed E-state index contributed by atoms with van der Waals surface area (Å²) < 4.78 is 12.5. The zero-order valence-electron chi connectivity index (χ0n) is 15.3. The van der Waals surface area contributed by atoms with Gasteiger partial charge in [0.2, 0.25) is 5.91 Å². The number of ether oxygens (including phenoxy) is 2. The van der Waals surface area contributed by atoms with Crippen LogP contribution in [0.5, 0.6) is 11.5 Å². The molecule has 0 spiro atoms. The normalized spacial score (nSPS) is 12.2. The van der Waals surface area contributed by atoms with Crippen LogP contribution in [0.15, 0.2) is 30.6 Å².